The number of hydrogen-bond acceptors (Lipinski definition) is 3. The summed E-state index contributed by atoms with van der Waals surface area (Å²) in [5.74, 6) is 0.344. The van der Waals surface area contributed by atoms with Crippen LogP contribution in [0.25, 0.3) is 0 Å². The number of ether oxygens (including phenoxy) is 1. The van der Waals surface area contributed by atoms with E-state index >= 15 is 0 Å². The molecule has 5 heteroatoms. The molecule has 0 radical (unpaired) electrons. The lowest BCUT2D eigenvalue weighted by atomic mass is 10.1. The Morgan fingerprint density at radius 1 is 1.12 bits per heavy atom. The van der Waals surface area contributed by atoms with Gasteiger partial charge in [0.15, 0.2) is 0 Å². The first-order valence-electron chi connectivity index (χ1n) is 7.82. The fraction of sp³-hybridized carbons (Fsp3) is 0.316. The van der Waals surface area contributed by atoms with Crippen molar-refractivity contribution in [3.63, 3.8) is 0 Å². The Morgan fingerprint density at radius 3 is 2.38 bits per heavy atom. The van der Waals surface area contributed by atoms with Gasteiger partial charge in [-0.2, -0.15) is 0 Å². The number of aliphatic carboxylic acids is 1. The molecule has 128 valence electrons. The molecule has 0 aliphatic carbocycles. The Labute approximate surface area is 147 Å². The molecule has 0 aliphatic rings. The van der Waals surface area contributed by atoms with Gasteiger partial charge in [0.25, 0.3) is 0 Å². The summed E-state index contributed by atoms with van der Waals surface area (Å²) in [5, 5.41) is 8.88. The number of nitrogens with zero attached hydrogens (tertiary/aromatic N) is 1. The molecule has 1 atom stereocenters. The van der Waals surface area contributed by atoms with Gasteiger partial charge in [0.2, 0.25) is 0 Å². The van der Waals surface area contributed by atoms with Crippen LogP contribution >= 0.6 is 11.6 Å². The van der Waals surface area contributed by atoms with Gasteiger partial charge in [-0.25, -0.2) is 0 Å². The van der Waals surface area contributed by atoms with Gasteiger partial charge in [0.1, 0.15) is 12.4 Å². The maximum Gasteiger partial charge on any atom is 0.317 e. The summed E-state index contributed by atoms with van der Waals surface area (Å²) in [7, 11) is 1.78. The Kier molecular flexibility index (Phi) is 7.09. The first kappa shape index (κ1) is 18.3. The third-order valence-corrected chi connectivity index (χ3v) is 4.19. The van der Waals surface area contributed by atoms with Crippen LogP contribution in [-0.2, 0) is 17.8 Å². The lowest BCUT2D eigenvalue weighted by Gasteiger charge is -2.24. The van der Waals surface area contributed by atoms with Crippen LogP contribution in [0, 0.1) is 0 Å². The van der Waals surface area contributed by atoms with Gasteiger partial charge in [-0.3, -0.25) is 9.69 Å². The van der Waals surface area contributed by atoms with Crippen molar-refractivity contribution in [3.05, 3.63) is 65.7 Å². The monoisotopic (exact) mass is 347 g/mol. The summed E-state index contributed by atoms with van der Waals surface area (Å²) in [6.07, 6.45) is 0.701. The van der Waals surface area contributed by atoms with E-state index in [9.17, 15) is 4.79 Å². The molecule has 0 spiro atoms. The van der Waals surface area contributed by atoms with Gasteiger partial charge in [-0.05, 0) is 36.7 Å². The summed E-state index contributed by atoms with van der Waals surface area (Å²) in [5.41, 5.74) is 2.23. The molecule has 0 aromatic heterocycles. The van der Waals surface area contributed by atoms with Crippen LogP contribution in [-0.4, -0.2) is 41.5 Å². The zero-order valence-electron chi connectivity index (χ0n) is 13.7. The molecular formula is C19H22ClNO3. The van der Waals surface area contributed by atoms with Crippen molar-refractivity contribution < 1.29 is 14.6 Å². The molecule has 0 saturated carbocycles. The zero-order valence-corrected chi connectivity index (χ0v) is 14.4. The topological polar surface area (TPSA) is 49.8 Å². The maximum absolute atomic E-state index is 10.8. The molecule has 0 aliphatic heterocycles. The fourth-order valence-electron chi connectivity index (χ4n) is 2.41. The normalized spacial score (nSPS) is 12.1. The van der Waals surface area contributed by atoms with E-state index < -0.39 is 5.97 Å². The van der Waals surface area contributed by atoms with Crippen molar-refractivity contribution >= 4 is 17.6 Å². The molecule has 2 rings (SSSR count). The molecule has 0 fully saturated rings. The van der Waals surface area contributed by atoms with Crippen molar-refractivity contribution in [2.45, 2.75) is 19.1 Å². The second kappa shape index (κ2) is 9.30. The second-order valence-corrected chi connectivity index (χ2v) is 6.05. The summed E-state index contributed by atoms with van der Waals surface area (Å²) < 4.78 is 5.76. The zero-order chi connectivity index (χ0) is 17.4. The number of alkyl halides is 1. The van der Waals surface area contributed by atoms with Crippen LogP contribution in [0.5, 0.6) is 5.75 Å². The smallest absolute Gasteiger partial charge is 0.317 e. The number of carboxylic acids is 1. The summed E-state index contributed by atoms with van der Waals surface area (Å²) in [4.78, 5) is 12.6. The van der Waals surface area contributed by atoms with E-state index in [1.54, 1.807) is 11.9 Å². The summed E-state index contributed by atoms with van der Waals surface area (Å²) in [6, 6.07) is 17.8. The number of rotatable bonds is 9. The van der Waals surface area contributed by atoms with Gasteiger partial charge in [-0.15, -0.1) is 11.6 Å². The van der Waals surface area contributed by atoms with E-state index in [-0.39, 0.29) is 12.6 Å². The first-order valence-corrected chi connectivity index (χ1v) is 8.35. The standard InChI is InChI=1S/C19H22ClNO3/c1-21(13-19(22)23)17(12-20)11-15-7-9-18(10-8-15)24-14-16-5-3-2-4-6-16/h2-10,17H,11-14H2,1H3,(H,22,23). The van der Waals surface area contributed by atoms with Crippen LogP contribution < -0.4 is 4.74 Å². The van der Waals surface area contributed by atoms with Crippen LogP contribution in [0.3, 0.4) is 0 Å². The van der Waals surface area contributed by atoms with Crippen molar-refractivity contribution in [2.75, 3.05) is 19.5 Å². The van der Waals surface area contributed by atoms with Gasteiger partial charge in [0, 0.05) is 11.9 Å². The van der Waals surface area contributed by atoms with E-state index in [1.807, 2.05) is 54.6 Å². The summed E-state index contributed by atoms with van der Waals surface area (Å²) >= 11 is 5.99. The molecule has 24 heavy (non-hydrogen) atoms. The highest BCUT2D eigenvalue weighted by molar-refractivity contribution is 6.18. The predicted molar refractivity (Wildman–Crippen MR) is 95.7 cm³/mol. The molecular weight excluding hydrogens is 326 g/mol. The van der Waals surface area contributed by atoms with Gasteiger partial charge in [0.05, 0.1) is 6.54 Å². The van der Waals surface area contributed by atoms with Crippen molar-refractivity contribution in [2.24, 2.45) is 0 Å². The second-order valence-electron chi connectivity index (χ2n) is 5.74. The molecule has 0 amide bonds. The molecule has 1 N–H and O–H groups in total. The van der Waals surface area contributed by atoms with E-state index in [4.69, 9.17) is 21.4 Å². The summed E-state index contributed by atoms with van der Waals surface area (Å²) in [6.45, 7) is 0.515. The Bertz CT molecular complexity index is 631. The van der Waals surface area contributed by atoms with E-state index in [0.29, 0.717) is 18.9 Å². The Balaban J connectivity index is 1.89. The molecule has 0 saturated heterocycles. The Morgan fingerprint density at radius 2 is 1.79 bits per heavy atom. The molecule has 2 aromatic carbocycles. The minimum atomic E-state index is -0.850. The lowest BCUT2D eigenvalue weighted by Crippen LogP contribution is -2.38. The van der Waals surface area contributed by atoms with Crippen molar-refractivity contribution in [3.8, 4) is 5.75 Å². The van der Waals surface area contributed by atoms with Crippen LogP contribution in [0.4, 0.5) is 0 Å². The average molecular weight is 348 g/mol. The largest absolute Gasteiger partial charge is 0.489 e. The molecule has 0 bridgehead atoms. The maximum atomic E-state index is 10.8. The molecule has 4 nitrogen and oxygen atoms in total. The number of likely N-dealkylation sites (N-methyl/N-ethyl adjacent to an activating group) is 1. The van der Waals surface area contributed by atoms with E-state index in [1.165, 1.54) is 0 Å². The molecule has 0 heterocycles. The lowest BCUT2D eigenvalue weighted by molar-refractivity contribution is -0.138. The Hall–Kier alpha value is -2.04. The number of carbonyl (C=O) groups is 1. The quantitative estimate of drug-likeness (QED) is 0.706. The van der Waals surface area contributed by atoms with E-state index in [2.05, 4.69) is 0 Å². The van der Waals surface area contributed by atoms with Gasteiger partial charge < -0.3 is 9.84 Å². The third-order valence-electron chi connectivity index (χ3n) is 3.83. The fourth-order valence-corrected chi connectivity index (χ4v) is 2.75. The minimum Gasteiger partial charge on any atom is -0.489 e. The number of benzene rings is 2. The molecule has 2 aromatic rings. The predicted octanol–water partition coefficient (Wildman–Crippen LogP) is 3.43. The van der Waals surface area contributed by atoms with Crippen LogP contribution in [0.1, 0.15) is 11.1 Å². The highest BCUT2D eigenvalue weighted by atomic mass is 35.5. The van der Waals surface area contributed by atoms with Crippen molar-refractivity contribution in [1.29, 1.82) is 0 Å². The van der Waals surface area contributed by atoms with Gasteiger partial charge >= 0.3 is 5.97 Å². The van der Waals surface area contributed by atoms with Gasteiger partial charge in [-0.1, -0.05) is 42.5 Å². The van der Waals surface area contributed by atoms with Crippen molar-refractivity contribution in [1.82, 2.24) is 4.90 Å². The minimum absolute atomic E-state index is 0.0150. The molecule has 1 unspecified atom stereocenters. The van der Waals surface area contributed by atoms with E-state index in [0.717, 1.165) is 16.9 Å². The number of carboxylic acid groups (broad SMARTS) is 1. The average Bonchev–Trinajstić information content (AvgIpc) is 2.59. The number of halogens is 1. The van der Waals surface area contributed by atoms with Crippen LogP contribution in [0.15, 0.2) is 54.6 Å². The number of hydrogen-bond donors (Lipinski definition) is 1. The highest BCUT2D eigenvalue weighted by Gasteiger charge is 2.16. The highest BCUT2D eigenvalue weighted by Crippen LogP contribution is 2.16. The SMILES string of the molecule is CN(CC(=O)O)C(CCl)Cc1ccc(OCc2ccccc2)cc1. The third kappa shape index (κ3) is 5.87. The van der Waals surface area contributed by atoms with Crippen LogP contribution in [0.2, 0.25) is 0 Å². The first-order chi connectivity index (χ1) is 11.6.